The summed E-state index contributed by atoms with van der Waals surface area (Å²) in [5, 5.41) is 9.89. The number of nitrogens with zero attached hydrogens (tertiary/aromatic N) is 1. The zero-order chi connectivity index (χ0) is 29.0. The number of nitriles is 1. The fourth-order valence-corrected chi connectivity index (χ4v) is 10.2. The Balaban J connectivity index is 1.72. The van der Waals surface area contributed by atoms with Crippen molar-refractivity contribution in [2.45, 2.75) is 86.5 Å². The van der Waals surface area contributed by atoms with E-state index in [1.165, 1.54) is 7.11 Å². The van der Waals surface area contributed by atoms with Gasteiger partial charge in [-0.1, -0.05) is 46.3 Å². The number of ether oxygens (including phenoxy) is 1. The van der Waals surface area contributed by atoms with Crippen LogP contribution in [0.3, 0.4) is 0 Å². The second kappa shape index (κ2) is 8.15. The molecule has 0 radical (unpaired) electrons. The largest absolute Gasteiger partial charge is 0.469 e. The zero-order valence-corrected chi connectivity index (χ0v) is 24.4. The summed E-state index contributed by atoms with van der Waals surface area (Å²) in [7, 11) is 1.45. The highest BCUT2D eigenvalue weighted by Crippen LogP contribution is 2.74. The summed E-state index contributed by atoms with van der Waals surface area (Å²) in [4.78, 5) is 54.0. The Kier molecular flexibility index (Phi) is 5.81. The molecule has 5 rings (SSSR count). The first-order valence-electron chi connectivity index (χ1n) is 14.3. The van der Waals surface area contributed by atoms with Crippen LogP contribution in [0.15, 0.2) is 23.3 Å². The van der Waals surface area contributed by atoms with E-state index >= 15 is 0 Å². The number of methoxy groups -OCH3 is 1. The third kappa shape index (κ3) is 3.21. The predicted octanol–water partition coefficient (Wildman–Crippen LogP) is 4.84. The lowest BCUT2D eigenvalue weighted by Gasteiger charge is -2.68. The average Bonchev–Trinajstić information content (AvgIpc) is 2.86. The van der Waals surface area contributed by atoms with Gasteiger partial charge in [-0.15, -0.1) is 0 Å². The highest BCUT2D eigenvalue weighted by molar-refractivity contribution is 6.16. The molecule has 0 spiro atoms. The van der Waals surface area contributed by atoms with Crippen LogP contribution >= 0.6 is 0 Å². The molecule has 3 unspecified atom stereocenters. The van der Waals surface area contributed by atoms with Crippen molar-refractivity contribution in [3.63, 3.8) is 0 Å². The number of rotatable bonds is 2. The average molecular weight is 535 g/mol. The maximum Gasteiger partial charge on any atom is 0.312 e. The summed E-state index contributed by atoms with van der Waals surface area (Å²) in [5.74, 6) is -2.37. The molecule has 0 aromatic carbocycles. The molecule has 5 aliphatic carbocycles. The van der Waals surface area contributed by atoms with Gasteiger partial charge in [-0.2, -0.15) is 5.26 Å². The van der Waals surface area contributed by atoms with Crippen molar-refractivity contribution in [1.29, 1.82) is 5.26 Å². The lowest BCUT2D eigenvalue weighted by atomic mass is 9.34. The normalized spacial score (nSPS) is 46.3. The molecule has 0 bridgehead atoms. The summed E-state index contributed by atoms with van der Waals surface area (Å²) < 4.78 is 5.38. The number of allylic oxidation sites excluding steroid dienone is 4. The van der Waals surface area contributed by atoms with E-state index in [1.54, 1.807) is 19.1 Å². The van der Waals surface area contributed by atoms with Crippen LogP contribution in [0.5, 0.6) is 0 Å². The Labute approximate surface area is 231 Å². The number of fused-ring (bicyclic) bond motifs is 7. The molecule has 7 heteroatoms. The molecule has 0 saturated heterocycles. The zero-order valence-electron chi connectivity index (χ0n) is 24.4. The van der Waals surface area contributed by atoms with Crippen LogP contribution in [-0.4, -0.2) is 30.6 Å². The smallest absolute Gasteiger partial charge is 0.312 e. The van der Waals surface area contributed by atoms with Gasteiger partial charge in [0.1, 0.15) is 11.5 Å². The van der Waals surface area contributed by atoms with Crippen molar-refractivity contribution >= 4 is 23.4 Å². The van der Waals surface area contributed by atoms with Gasteiger partial charge in [0.15, 0.2) is 11.6 Å². The van der Waals surface area contributed by atoms with Crippen molar-refractivity contribution in [3.05, 3.63) is 23.3 Å². The minimum Gasteiger partial charge on any atom is -0.469 e. The molecule has 7 nitrogen and oxygen atoms in total. The molecule has 3 fully saturated rings. The molecule has 2 N–H and O–H groups in total. The molecule has 5 aliphatic rings. The number of esters is 1. The van der Waals surface area contributed by atoms with Crippen LogP contribution < -0.4 is 5.73 Å². The van der Waals surface area contributed by atoms with E-state index in [0.717, 1.165) is 24.8 Å². The van der Waals surface area contributed by atoms with Gasteiger partial charge in [0.25, 0.3) is 0 Å². The monoisotopic (exact) mass is 534 g/mol. The molecular formula is C32H42N2O5. The molecule has 8 atom stereocenters. The number of primary amides is 1. The van der Waals surface area contributed by atoms with Gasteiger partial charge in [-0.3, -0.25) is 19.2 Å². The third-order valence-electron chi connectivity index (χ3n) is 12.7. The molecule has 3 saturated carbocycles. The van der Waals surface area contributed by atoms with Gasteiger partial charge in [-0.05, 0) is 86.0 Å². The Morgan fingerprint density at radius 3 is 2.26 bits per heavy atom. The van der Waals surface area contributed by atoms with Gasteiger partial charge < -0.3 is 10.5 Å². The van der Waals surface area contributed by atoms with E-state index in [2.05, 4.69) is 27.7 Å². The van der Waals surface area contributed by atoms with E-state index in [0.29, 0.717) is 25.7 Å². The molecule has 0 aromatic heterocycles. The van der Waals surface area contributed by atoms with Gasteiger partial charge in [0.2, 0.25) is 5.91 Å². The summed E-state index contributed by atoms with van der Waals surface area (Å²) in [5.41, 5.74) is 2.77. The van der Waals surface area contributed by atoms with Crippen LogP contribution in [-0.2, 0) is 23.9 Å². The second-order valence-corrected chi connectivity index (χ2v) is 14.7. The van der Waals surface area contributed by atoms with Gasteiger partial charge >= 0.3 is 5.97 Å². The second-order valence-electron chi connectivity index (χ2n) is 14.7. The molecule has 1 amide bonds. The summed E-state index contributed by atoms with van der Waals surface area (Å²) >= 11 is 0. The van der Waals surface area contributed by atoms with E-state index in [9.17, 15) is 24.4 Å². The minimum absolute atomic E-state index is 0.00659. The third-order valence-corrected chi connectivity index (χ3v) is 12.7. The van der Waals surface area contributed by atoms with Crippen molar-refractivity contribution < 1.29 is 23.9 Å². The maximum absolute atomic E-state index is 14.4. The number of Topliss-reactive ketones (excluding diaryl/α,β-unsaturated/α-hetero) is 1. The highest BCUT2D eigenvalue weighted by Gasteiger charge is 2.72. The molecule has 0 heterocycles. The van der Waals surface area contributed by atoms with Crippen LogP contribution in [0.4, 0.5) is 0 Å². The molecule has 0 aliphatic heterocycles. The lowest BCUT2D eigenvalue weighted by Crippen LogP contribution is -2.66. The number of carbonyl (C=O) groups excluding carboxylic acids is 4. The number of ketones is 2. The number of nitrogens with two attached hydrogens (primary N) is 1. The first-order chi connectivity index (χ1) is 18.0. The Hall–Kier alpha value is -2.75. The topological polar surface area (TPSA) is 127 Å². The first-order valence-corrected chi connectivity index (χ1v) is 14.3. The molecular weight excluding hydrogens is 492 g/mol. The number of amides is 1. The summed E-state index contributed by atoms with van der Waals surface area (Å²) in [6, 6.07) is 2.02. The highest BCUT2D eigenvalue weighted by atomic mass is 16.5. The first kappa shape index (κ1) is 27.8. The number of carbonyl (C=O) groups is 4. The van der Waals surface area contributed by atoms with Crippen LogP contribution in [0, 0.1) is 61.6 Å². The Bertz CT molecular complexity index is 1300. The van der Waals surface area contributed by atoms with E-state index in [-0.39, 0.29) is 34.6 Å². The Morgan fingerprint density at radius 2 is 1.67 bits per heavy atom. The number of hydrogen-bond acceptors (Lipinski definition) is 6. The number of hydrogen-bond donors (Lipinski definition) is 1. The Morgan fingerprint density at radius 1 is 1.03 bits per heavy atom. The lowest BCUT2D eigenvalue weighted by molar-refractivity contribution is -0.191. The SMILES string of the molecule is COC(=O)[C@]12CCC(C)(C)CC1C1C(=O)C=C3[C@@]4(C)C=C(C#N)C(=O)[C@@](C)(C(N)=O)C4CC[C@@]3(C)[C@]1(C)CC2. The maximum atomic E-state index is 14.4. The molecule has 210 valence electrons. The van der Waals surface area contributed by atoms with E-state index < -0.39 is 44.7 Å². The van der Waals surface area contributed by atoms with Gasteiger partial charge in [0.05, 0.1) is 18.1 Å². The van der Waals surface area contributed by atoms with E-state index in [4.69, 9.17) is 10.5 Å². The summed E-state index contributed by atoms with van der Waals surface area (Å²) in [6.07, 6.45) is 8.50. The van der Waals surface area contributed by atoms with E-state index in [1.807, 2.05) is 13.0 Å². The van der Waals surface area contributed by atoms with Gasteiger partial charge in [-0.25, -0.2) is 0 Å². The molecule has 0 aromatic rings. The van der Waals surface area contributed by atoms with Crippen LogP contribution in [0.2, 0.25) is 0 Å². The van der Waals surface area contributed by atoms with Crippen molar-refractivity contribution in [1.82, 2.24) is 0 Å². The van der Waals surface area contributed by atoms with Crippen molar-refractivity contribution in [2.24, 2.45) is 56.0 Å². The predicted molar refractivity (Wildman–Crippen MR) is 144 cm³/mol. The van der Waals surface area contributed by atoms with Crippen LogP contribution in [0.25, 0.3) is 0 Å². The summed E-state index contributed by atoms with van der Waals surface area (Å²) in [6.45, 7) is 12.4. The van der Waals surface area contributed by atoms with Crippen molar-refractivity contribution in [3.8, 4) is 6.07 Å². The van der Waals surface area contributed by atoms with Crippen molar-refractivity contribution in [2.75, 3.05) is 7.11 Å². The van der Waals surface area contributed by atoms with Crippen LogP contribution in [0.1, 0.15) is 86.5 Å². The standard InChI is InChI=1S/C32H42N2O5/c1-27(2)10-12-32(26(38)39-7)13-11-30(5)23(19(32)16-27)20(35)14-22-28(3)15-18(17-33)24(36)31(6,25(34)37)21(28)8-9-29(22,30)4/h14-15,19,21,23H,8-13,16H2,1-7H3,(H2,34,37)/t19?,21?,23?,28-,29+,30+,31-,32-/m0/s1. The molecule has 39 heavy (non-hydrogen) atoms. The fraction of sp³-hybridized carbons (Fsp3) is 0.719. The minimum atomic E-state index is -1.53. The van der Waals surface area contributed by atoms with Gasteiger partial charge in [0, 0.05) is 11.3 Å². The quantitative estimate of drug-likeness (QED) is 0.399. The fourth-order valence-electron chi connectivity index (χ4n) is 10.2.